The fraction of sp³-hybridized carbons (Fsp3) is 0.733. The molecule has 2 atom stereocenters. The number of rotatable bonds is 8. The number of alkyl halides is 1. The number of allylic oxidation sites excluding steroid dienone is 2. The fourth-order valence-corrected chi connectivity index (χ4v) is 2.46. The van der Waals surface area contributed by atoms with Crippen molar-refractivity contribution in [2.45, 2.75) is 58.2 Å². The Balaban J connectivity index is 2.46. The molecule has 2 heteroatoms. The van der Waals surface area contributed by atoms with E-state index in [1.165, 1.54) is 19.3 Å². The van der Waals surface area contributed by atoms with Gasteiger partial charge < -0.3 is 0 Å². The van der Waals surface area contributed by atoms with Gasteiger partial charge in [0.25, 0.3) is 5.79 Å². The molecule has 0 aromatic heterocycles. The highest BCUT2D eigenvalue weighted by atomic mass is 19.1. The van der Waals surface area contributed by atoms with Crippen LogP contribution in [0, 0.1) is 0 Å². The molecule has 0 aromatic carbocycles. The molecule has 0 bridgehead atoms. The van der Waals surface area contributed by atoms with E-state index in [0.29, 0.717) is 6.42 Å². The predicted molar refractivity (Wildman–Crippen MR) is 71.9 cm³/mol. The van der Waals surface area contributed by atoms with E-state index in [2.05, 4.69) is 13.8 Å². The number of unbranched alkanes of at least 4 members (excludes halogenated alkanes) is 3. The maximum absolute atomic E-state index is 14.8. The van der Waals surface area contributed by atoms with Gasteiger partial charge in [-0.3, -0.25) is 4.90 Å². The van der Waals surface area contributed by atoms with Crippen molar-refractivity contribution in [3.63, 3.8) is 0 Å². The highest BCUT2D eigenvalue weighted by Crippen LogP contribution is 2.15. The SMILES string of the molecule is CCCCCC[NH+](CCC)C1(F)C=CC=CC1. The molecule has 1 aliphatic rings. The maximum atomic E-state index is 14.8. The van der Waals surface area contributed by atoms with Gasteiger partial charge in [0.05, 0.1) is 19.5 Å². The Hall–Kier alpha value is -0.630. The molecule has 0 saturated carbocycles. The minimum absolute atomic E-state index is 0.534. The van der Waals surface area contributed by atoms with Crippen LogP contribution in [0.3, 0.4) is 0 Å². The van der Waals surface area contributed by atoms with Crippen molar-refractivity contribution in [1.82, 2.24) is 0 Å². The van der Waals surface area contributed by atoms with E-state index in [-0.39, 0.29) is 0 Å². The van der Waals surface area contributed by atoms with Crippen molar-refractivity contribution in [1.29, 1.82) is 0 Å². The molecule has 1 aliphatic carbocycles. The molecule has 17 heavy (non-hydrogen) atoms. The Kier molecular flexibility index (Phi) is 6.49. The molecule has 98 valence electrons. The molecular formula is C15H27FN+. The molecular weight excluding hydrogens is 213 g/mol. The summed E-state index contributed by atoms with van der Waals surface area (Å²) < 4.78 is 14.8. The van der Waals surface area contributed by atoms with Gasteiger partial charge in [0, 0.05) is 6.08 Å². The normalized spacial score (nSPS) is 25.1. The number of hydrogen-bond acceptors (Lipinski definition) is 0. The summed E-state index contributed by atoms with van der Waals surface area (Å²) >= 11 is 0. The molecule has 0 saturated heterocycles. The lowest BCUT2D eigenvalue weighted by molar-refractivity contribution is -0.962. The van der Waals surface area contributed by atoms with Gasteiger partial charge in [-0.1, -0.05) is 44.9 Å². The van der Waals surface area contributed by atoms with Gasteiger partial charge in [0.2, 0.25) is 0 Å². The van der Waals surface area contributed by atoms with Gasteiger partial charge in [-0.15, -0.1) is 0 Å². The first-order valence-corrected chi connectivity index (χ1v) is 7.11. The maximum Gasteiger partial charge on any atom is 0.263 e. The van der Waals surface area contributed by atoms with Crippen molar-refractivity contribution in [3.8, 4) is 0 Å². The van der Waals surface area contributed by atoms with E-state index in [0.717, 1.165) is 30.8 Å². The molecule has 0 fully saturated rings. The summed E-state index contributed by atoms with van der Waals surface area (Å²) in [5.74, 6) is -1.16. The van der Waals surface area contributed by atoms with Crippen LogP contribution in [0.25, 0.3) is 0 Å². The quantitative estimate of drug-likeness (QED) is 0.491. The Labute approximate surface area is 105 Å². The lowest BCUT2D eigenvalue weighted by Gasteiger charge is -2.32. The van der Waals surface area contributed by atoms with Crippen LogP contribution in [0.1, 0.15) is 52.4 Å². The molecule has 0 heterocycles. The molecule has 0 spiro atoms. The third-order valence-electron chi connectivity index (χ3n) is 3.49. The van der Waals surface area contributed by atoms with E-state index in [1.807, 2.05) is 18.2 Å². The van der Waals surface area contributed by atoms with Crippen molar-refractivity contribution in [3.05, 3.63) is 24.3 Å². The van der Waals surface area contributed by atoms with Gasteiger partial charge in [-0.2, -0.15) is 4.39 Å². The molecule has 0 radical (unpaired) electrons. The highest BCUT2D eigenvalue weighted by molar-refractivity contribution is 5.14. The third-order valence-corrected chi connectivity index (χ3v) is 3.49. The molecule has 2 unspecified atom stereocenters. The van der Waals surface area contributed by atoms with Crippen molar-refractivity contribution in [2.75, 3.05) is 13.1 Å². The van der Waals surface area contributed by atoms with Crippen LogP contribution in [0.5, 0.6) is 0 Å². The Bertz CT molecular complexity index is 260. The smallest absolute Gasteiger partial charge is 0.263 e. The summed E-state index contributed by atoms with van der Waals surface area (Å²) in [5.41, 5.74) is 0. The minimum Gasteiger partial charge on any atom is -0.300 e. The van der Waals surface area contributed by atoms with Gasteiger partial charge in [-0.05, 0) is 19.3 Å². The third kappa shape index (κ3) is 4.63. The van der Waals surface area contributed by atoms with E-state index < -0.39 is 5.79 Å². The highest BCUT2D eigenvalue weighted by Gasteiger charge is 2.37. The van der Waals surface area contributed by atoms with Crippen molar-refractivity contribution in [2.24, 2.45) is 0 Å². The van der Waals surface area contributed by atoms with Crippen LogP contribution in [-0.4, -0.2) is 18.9 Å². The average molecular weight is 240 g/mol. The van der Waals surface area contributed by atoms with E-state index >= 15 is 0 Å². The van der Waals surface area contributed by atoms with E-state index in [4.69, 9.17) is 0 Å². The molecule has 0 aliphatic heterocycles. The zero-order valence-corrected chi connectivity index (χ0v) is 11.3. The minimum atomic E-state index is -1.16. The molecule has 1 nitrogen and oxygen atoms in total. The Morgan fingerprint density at radius 3 is 2.47 bits per heavy atom. The summed E-state index contributed by atoms with van der Waals surface area (Å²) in [7, 11) is 0. The second kappa shape index (κ2) is 7.65. The van der Waals surface area contributed by atoms with Crippen LogP contribution >= 0.6 is 0 Å². The largest absolute Gasteiger partial charge is 0.300 e. The zero-order valence-electron chi connectivity index (χ0n) is 11.3. The summed E-state index contributed by atoms with van der Waals surface area (Å²) in [6, 6.07) is 0. The summed E-state index contributed by atoms with van der Waals surface area (Å²) in [6.07, 6.45) is 14.0. The molecule has 0 aromatic rings. The number of nitrogens with one attached hydrogen (secondary N) is 1. The van der Waals surface area contributed by atoms with Crippen molar-refractivity contribution >= 4 is 0 Å². The van der Waals surface area contributed by atoms with Crippen LogP contribution in [0.15, 0.2) is 24.3 Å². The lowest BCUT2D eigenvalue weighted by atomic mass is 10.0. The summed E-state index contributed by atoms with van der Waals surface area (Å²) in [4.78, 5) is 1.11. The lowest BCUT2D eigenvalue weighted by Crippen LogP contribution is -3.19. The van der Waals surface area contributed by atoms with Crippen molar-refractivity contribution < 1.29 is 9.29 Å². The second-order valence-corrected chi connectivity index (χ2v) is 5.02. The van der Waals surface area contributed by atoms with Gasteiger partial charge >= 0.3 is 0 Å². The first kappa shape index (κ1) is 14.4. The van der Waals surface area contributed by atoms with Crippen LogP contribution in [0.4, 0.5) is 4.39 Å². The first-order valence-electron chi connectivity index (χ1n) is 7.11. The first-order chi connectivity index (χ1) is 8.23. The van der Waals surface area contributed by atoms with E-state index in [1.54, 1.807) is 6.08 Å². The molecule has 1 rings (SSSR count). The van der Waals surface area contributed by atoms with Crippen LogP contribution in [-0.2, 0) is 0 Å². The van der Waals surface area contributed by atoms with Gasteiger partial charge in [0.1, 0.15) is 0 Å². The average Bonchev–Trinajstić information content (AvgIpc) is 2.34. The monoisotopic (exact) mass is 240 g/mol. The Morgan fingerprint density at radius 2 is 1.88 bits per heavy atom. The summed E-state index contributed by atoms with van der Waals surface area (Å²) in [6.45, 7) is 6.24. The standard InChI is InChI=1S/C15H26FN/c1-3-5-6-10-14-17(13-4-2)15(16)11-8-7-9-12-15/h7-9,11H,3-6,10,12-14H2,1-2H3/p+1. The van der Waals surface area contributed by atoms with Gasteiger partial charge in [0.15, 0.2) is 0 Å². The number of quaternary nitrogens is 1. The fourth-order valence-electron chi connectivity index (χ4n) is 2.46. The Morgan fingerprint density at radius 1 is 1.06 bits per heavy atom. The molecule has 0 amide bonds. The van der Waals surface area contributed by atoms with Crippen LogP contribution in [0.2, 0.25) is 0 Å². The number of halogens is 1. The number of hydrogen-bond donors (Lipinski definition) is 1. The summed E-state index contributed by atoms with van der Waals surface area (Å²) in [5, 5.41) is 0. The predicted octanol–water partition coefficient (Wildman–Crippen LogP) is 3.04. The topological polar surface area (TPSA) is 4.44 Å². The zero-order chi connectivity index (χ0) is 12.6. The van der Waals surface area contributed by atoms with Gasteiger partial charge in [-0.25, -0.2) is 0 Å². The van der Waals surface area contributed by atoms with E-state index in [9.17, 15) is 4.39 Å². The van der Waals surface area contributed by atoms with Crippen LogP contribution < -0.4 is 4.90 Å². The molecule has 1 N–H and O–H groups in total. The second-order valence-electron chi connectivity index (χ2n) is 5.02.